The summed E-state index contributed by atoms with van der Waals surface area (Å²) in [6.45, 7) is 0. The molecular weight excluding hydrogens is 342 g/mol. The van der Waals surface area contributed by atoms with Crippen LogP contribution in [0.5, 0.6) is 0 Å². The molecule has 0 nitrogen and oxygen atoms in total. The third kappa shape index (κ3) is 4.50. The van der Waals surface area contributed by atoms with E-state index in [0.29, 0.717) is 0 Å². The van der Waals surface area contributed by atoms with Gasteiger partial charge in [-0.25, -0.2) is 0 Å². The summed E-state index contributed by atoms with van der Waals surface area (Å²) in [5, 5.41) is 0. The van der Waals surface area contributed by atoms with Gasteiger partial charge in [-0.05, 0) is 5.92 Å². The van der Waals surface area contributed by atoms with Gasteiger partial charge in [-0.3, -0.25) is 0 Å². The van der Waals surface area contributed by atoms with E-state index in [2.05, 4.69) is 53.9 Å². The summed E-state index contributed by atoms with van der Waals surface area (Å²) in [5.74, 6) is 3.56. The van der Waals surface area contributed by atoms with Gasteiger partial charge in [0.15, 0.2) is 0 Å². The fraction of sp³-hybridized carbons (Fsp3) is 0.667. The molecule has 0 aliphatic heterocycles. The van der Waals surface area contributed by atoms with Gasteiger partial charge < -0.3 is 6.42 Å². The SMILES string of the molecule is C1=CC2[CH-]C3CCCCC3C2C=C1.CCl.CCl.[Zr]. The number of alkyl halides is 2. The van der Waals surface area contributed by atoms with Gasteiger partial charge in [0, 0.05) is 39.0 Å². The van der Waals surface area contributed by atoms with E-state index in [9.17, 15) is 0 Å². The van der Waals surface area contributed by atoms with Gasteiger partial charge in [0.1, 0.15) is 0 Å². The second kappa shape index (κ2) is 10.7. The monoisotopic (exact) mass is 363 g/mol. The Morgan fingerprint density at radius 1 is 0.944 bits per heavy atom. The minimum Gasteiger partial charge on any atom is -0.318 e. The maximum absolute atomic E-state index is 4.64. The number of hydrogen-bond donors (Lipinski definition) is 0. The molecular formula is C15H23Cl2Zr-. The summed E-state index contributed by atoms with van der Waals surface area (Å²) in [5.41, 5.74) is 0. The van der Waals surface area contributed by atoms with Gasteiger partial charge in [0.2, 0.25) is 0 Å². The Kier molecular flexibility index (Phi) is 11.3. The van der Waals surface area contributed by atoms with Crippen molar-refractivity contribution in [3.05, 3.63) is 30.7 Å². The molecule has 4 atom stereocenters. The molecule has 0 saturated heterocycles. The second-order valence-corrected chi connectivity index (χ2v) is 4.73. The molecule has 4 unspecified atom stereocenters. The molecule has 3 rings (SSSR count). The standard InChI is InChI=1S/C13H17.2CH3Cl.Zr/c1-3-7-12-10(5-1)9-11-6-2-4-8-13(11)12;2*1-2;/h1,3,5,7,9-13H,2,4,6,8H2;2*1H3;/q-1;;;. The van der Waals surface area contributed by atoms with Crippen molar-refractivity contribution in [1.29, 1.82) is 0 Å². The minimum atomic E-state index is 0. The zero-order chi connectivity index (χ0) is 12.7. The van der Waals surface area contributed by atoms with Crippen LogP contribution in [-0.2, 0) is 26.2 Å². The number of halogens is 2. The first-order valence-electron chi connectivity index (χ1n) is 6.41. The molecule has 0 N–H and O–H groups in total. The van der Waals surface area contributed by atoms with Crippen LogP contribution in [0.4, 0.5) is 0 Å². The van der Waals surface area contributed by atoms with Gasteiger partial charge in [0.25, 0.3) is 0 Å². The average molecular weight is 365 g/mol. The fourth-order valence-electron chi connectivity index (χ4n) is 3.45. The van der Waals surface area contributed by atoms with E-state index in [-0.39, 0.29) is 26.2 Å². The minimum absolute atomic E-state index is 0. The summed E-state index contributed by atoms with van der Waals surface area (Å²) in [7, 11) is 0. The van der Waals surface area contributed by atoms with E-state index in [1.165, 1.54) is 38.4 Å². The topological polar surface area (TPSA) is 0 Å². The van der Waals surface area contributed by atoms with Crippen molar-refractivity contribution in [3.63, 3.8) is 0 Å². The first-order valence-corrected chi connectivity index (χ1v) is 7.92. The molecule has 0 aromatic heterocycles. The first kappa shape index (κ1) is 18.9. The van der Waals surface area contributed by atoms with E-state index in [1.807, 2.05) is 0 Å². The van der Waals surface area contributed by atoms with Crippen LogP contribution in [0.2, 0.25) is 0 Å². The van der Waals surface area contributed by atoms with Crippen LogP contribution < -0.4 is 0 Å². The smallest absolute Gasteiger partial charge is 0.0108 e. The molecule has 0 radical (unpaired) electrons. The fourth-order valence-corrected chi connectivity index (χ4v) is 3.45. The Morgan fingerprint density at radius 2 is 1.56 bits per heavy atom. The predicted molar refractivity (Wildman–Crippen MR) is 78.6 cm³/mol. The van der Waals surface area contributed by atoms with Gasteiger partial charge in [0.05, 0.1) is 0 Å². The molecule has 102 valence electrons. The van der Waals surface area contributed by atoms with Crippen molar-refractivity contribution in [2.75, 3.05) is 12.8 Å². The normalized spacial score (nSPS) is 34.9. The second-order valence-electron chi connectivity index (χ2n) is 4.73. The van der Waals surface area contributed by atoms with Crippen molar-refractivity contribution in [2.45, 2.75) is 25.7 Å². The van der Waals surface area contributed by atoms with Crippen molar-refractivity contribution in [3.8, 4) is 0 Å². The van der Waals surface area contributed by atoms with Crippen LogP contribution in [-0.4, -0.2) is 12.8 Å². The van der Waals surface area contributed by atoms with Crippen LogP contribution in [0.3, 0.4) is 0 Å². The van der Waals surface area contributed by atoms with E-state index in [1.54, 1.807) is 0 Å². The largest absolute Gasteiger partial charge is 0.318 e. The van der Waals surface area contributed by atoms with Crippen LogP contribution in [0.1, 0.15) is 25.7 Å². The van der Waals surface area contributed by atoms with Gasteiger partial charge >= 0.3 is 0 Å². The molecule has 0 bridgehead atoms. The van der Waals surface area contributed by atoms with E-state index >= 15 is 0 Å². The zero-order valence-electron chi connectivity index (χ0n) is 11.3. The molecule has 2 fully saturated rings. The summed E-state index contributed by atoms with van der Waals surface area (Å²) >= 11 is 9.28. The van der Waals surface area contributed by atoms with Gasteiger partial charge in [-0.1, -0.05) is 49.8 Å². The zero-order valence-corrected chi connectivity index (χ0v) is 15.3. The predicted octanol–water partition coefficient (Wildman–Crippen LogP) is 5.08. The summed E-state index contributed by atoms with van der Waals surface area (Å²) < 4.78 is 0. The van der Waals surface area contributed by atoms with Crippen molar-refractivity contribution in [1.82, 2.24) is 0 Å². The number of allylic oxidation sites excluding steroid dienone is 4. The van der Waals surface area contributed by atoms with E-state index in [4.69, 9.17) is 0 Å². The van der Waals surface area contributed by atoms with E-state index in [0.717, 1.165) is 23.7 Å². The molecule has 3 aliphatic carbocycles. The first-order chi connectivity index (χ1) is 8.45. The average Bonchev–Trinajstić information content (AvgIpc) is 2.82. The maximum Gasteiger partial charge on any atom is 0.0108 e. The molecule has 3 aliphatic rings. The molecule has 0 amide bonds. The molecule has 3 heteroatoms. The Morgan fingerprint density at radius 3 is 2.28 bits per heavy atom. The molecule has 0 aromatic rings. The third-order valence-corrected chi connectivity index (χ3v) is 4.06. The van der Waals surface area contributed by atoms with Crippen LogP contribution in [0.25, 0.3) is 0 Å². The Hall–Kier alpha value is 0.943. The molecule has 0 spiro atoms. The van der Waals surface area contributed by atoms with E-state index < -0.39 is 0 Å². The molecule has 0 heterocycles. The molecule has 2 saturated carbocycles. The van der Waals surface area contributed by atoms with Crippen molar-refractivity contribution < 1.29 is 26.2 Å². The summed E-state index contributed by atoms with van der Waals surface area (Å²) in [4.78, 5) is 0. The molecule has 0 aromatic carbocycles. The Bertz CT molecular complexity index is 263. The maximum atomic E-state index is 4.64. The van der Waals surface area contributed by atoms with Gasteiger partial charge in [-0.2, -0.15) is 5.92 Å². The number of hydrogen-bond acceptors (Lipinski definition) is 0. The van der Waals surface area contributed by atoms with Crippen LogP contribution in [0, 0.1) is 30.1 Å². The Labute approximate surface area is 141 Å². The third-order valence-electron chi connectivity index (χ3n) is 4.06. The quantitative estimate of drug-likeness (QED) is 0.415. The number of fused-ring (bicyclic) bond motifs is 3. The van der Waals surface area contributed by atoms with Crippen molar-refractivity contribution >= 4 is 23.2 Å². The number of rotatable bonds is 0. The van der Waals surface area contributed by atoms with Gasteiger partial charge in [-0.15, -0.1) is 35.2 Å². The van der Waals surface area contributed by atoms with Crippen molar-refractivity contribution in [2.24, 2.45) is 23.7 Å². The summed E-state index contributed by atoms with van der Waals surface area (Å²) in [6, 6.07) is 0. The molecule has 18 heavy (non-hydrogen) atoms. The Balaban J connectivity index is 0.000000531. The summed E-state index contributed by atoms with van der Waals surface area (Å²) in [6.07, 6.45) is 20.7. The van der Waals surface area contributed by atoms with Crippen LogP contribution in [0.15, 0.2) is 24.3 Å². The van der Waals surface area contributed by atoms with Crippen LogP contribution >= 0.6 is 23.2 Å².